The molecule has 0 aliphatic carbocycles. The maximum absolute atomic E-state index is 13.8. The first-order chi connectivity index (χ1) is 9.90. The van der Waals surface area contributed by atoms with Gasteiger partial charge in [-0.2, -0.15) is 4.31 Å². The van der Waals surface area contributed by atoms with Gasteiger partial charge in [0.1, 0.15) is 4.90 Å². The lowest BCUT2D eigenvalue weighted by Crippen LogP contribution is -2.38. The average Bonchev–Trinajstić information content (AvgIpc) is 2.49. The SMILES string of the molecule is CCC1CCN(S(=O)(=O)c2cc(CO)cc(F)c2F)CC1. The van der Waals surface area contributed by atoms with Crippen molar-refractivity contribution in [1.29, 1.82) is 0 Å². The largest absolute Gasteiger partial charge is 0.392 e. The molecule has 21 heavy (non-hydrogen) atoms. The number of halogens is 2. The Morgan fingerprint density at radius 3 is 2.43 bits per heavy atom. The predicted octanol–water partition coefficient (Wildman–Crippen LogP) is 2.27. The number of nitrogens with zero attached hydrogens (tertiary/aromatic N) is 1. The second kappa shape index (κ2) is 6.37. The fourth-order valence-electron chi connectivity index (χ4n) is 2.59. The van der Waals surface area contributed by atoms with Crippen LogP contribution in [0.25, 0.3) is 0 Å². The summed E-state index contributed by atoms with van der Waals surface area (Å²) in [6.07, 6.45) is 2.43. The molecule has 1 aliphatic rings. The number of hydrogen-bond donors (Lipinski definition) is 1. The summed E-state index contributed by atoms with van der Waals surface area (Å²) >= 11 is 0. The summed E-state index contributed by atoms with van der Waals surface area (Å²) in [6, 6.07) is 1.80. The minimum atomic E-state index is -4.07. The van der Waals surface area contributed by atoms with E-state index in [2.05, 4.69) is 6.92 Å². The number of benzene rings is 1. The summed E-state index contributed by atoms with van der Waals surface area (Å²) in [5.41, 5.74) is 0.0379. The van der Waals surface area contributed by atoms with Gasteiger partial charge in [-0.25, -0.2) is 17.2 Å². The molecule has 1 saturated heterocycles. The van der Waals surface area contributed by atoms with Gasteiger partial charge in [0.25, 0.3) is 0 Å². The Kier molecular flexibility index (Phi) is 4.95. The van der Waals surface area contributed by atoms with Crippen molar-refractivity contribution in [3.8, 4) is 0 Å². The highest BCUT2D eigenvalue weighted by atomic mass is 32.2. The molecule has 1 N–H and O–H groups in total. The standard InChI is InChI=1S/C14H19F2NO3S/c1-2-10-3-5-17(6-4-10)21(19,20)13-8-11(9-18)7-12(15)14(13)16/h7-8,10,18H,2-6,9H2,1H3. The maximum atomic E-state index is 13.8. The van der Waals surface area contributed by atoms with Gasteiger partial charge < -0.3 is 5.11 Å². The molecule has 0 aromatic heterocycles. The predicted molar refractivity (Wildman–Crippen MR) is 74.1 cm³/mol. The van der Waals surface area contributed by atoms with E-state index in [0.29, 0.717) is 19.0 Å². The lowest BCUT2D eigenvalue weighted by Gasteiger charge is -2.30. The van der Waals surface area contributed by atoms with E-state index in [1.54, 1.807) is 0 Å². The quantitative estimate of drug-likeness (QED) is 0.926. The van der Waals surface area contributed by atoms with E-state index in [-0.39, 0.29) is 5.56 Å². The zero-order chi connectivity index (χ0) is 15.6. The molecule has 0 saturated carbocycles. The monoisotopic (exact) mass is 319 g/mol. The molecular formula is C14H19F2NO3S. The van der Waals surface area contributed by atoms with Crippen LogP contribution in [0.4, 0.5) is 8.78 Å². The molecule has 0 spiro atoms. The topological polar surface area (TPSA) is 57.6 Å². The van der Waals surface area contributed by atoms with Crippen molar-refractivity contribution in [2.45, 2.75) is 37.7 Å². The normalized spacial score (nSPS) is 18.1. The lowest BCUT2D eigenvalue weighted by molar-refractivity contribution is 0.267. The van der Waals surface area contributed by atoms with Crippen LogP contribution in [0, 0.1) is 17.6 Å². The smallest absolute Gasteiger partial charge is 0.246 e. The first kappa shape index (κ1) is 16.3. The third-order valence-electron chi connectivity index (χ3n) is 4.01. The molecule has 7 heteroatoms. The molecule has 1 aliphatic heterocycles. The Labute approximate surface area is 123 Å². The summed E-state index contributed by atoms with van der Waals surface area (Å²) in [7, 11) is -4.07. The number of piperidine rings is 1. The van der Waals surface area contributed by atoms with Gasteiger partial charge in [0, 0.05) is 13.1 Å². The van der Waals surface area contributed by atoms with Crippen LogP contribution in [0.2, 0.25) is 0 Å². The van der Waals surface area contributed by atoms with Gasteiger partial charge in [0.2, 0.25) is 10.0 Å². The van der Waals surface area contributed by atoms with Crippen molar-refractivity contribution < 1.29 is 22.3 Å². The summed E-state index contributed by atoms with van der Waals surface area (Å²) in [5.74, 6) is -2.17. The minimum Gasteiger partial charge on any atom is -0.392 e. The fourth-order valence-corrected chi connectivity index (χ4v) is 4.19. The Balaban J connectivity index is 2.34. The minimum absolute atomic E-state index is 0.0379. The number of sulfonamides is 1. The van der Waals surface area contributed by atoms with Crippen LogP contribution in [-0.2, 0) is 16.6 Å². The van der Waals surface area contributed by atoms with Crippen molar-refractivity contribution in [2.75, 3.05) is 13.1 Å². The molecule has 1 heterocycles. The Morgan fingerprint density at radius 2 is 1.90 bits per heavy atom. The van der Waals surface area contributed by atoms with Gasteiger partial charge >= 0.3 is 0 Å². The third kappa shape index (κ3) is 3.25. The molecule has 118 valence electrons. The van der Waals surface area contributed by atoms with Crippen molar-refractivity contribution in [1.82, 2.24) is 4.31 Å². The highest BCUT2D eigenvalue weighted by Crippen LogP contribution is 2.28. The first-order valence-corrected chi connectivity index (χ1v) is 8.43. The maximum Gasteiger partial charge on any atom is 0.246 e. The van der Waals surface area contributed by atoms with Gasteiger partial charge in [0.15, 0.2) is 11.6 Å². The van der Waals surface area contributed by atoms with Crippen LogP contribution in [0.15, 0.2) is 17.0 Å². The molecular weight excluding hydrogens is 300 g/mol. The van der Waals surface area contributed by atoms with Crippen molar-refractivity contribution in [3.63, 3.8) is 0 Å². The zero-order valence-electron chi connectivity index (χ0n) is 11.8. The molecule has 0 unspecified atom stereocenters. The van der Waals surface area contributed by atoms with Gasteiger partial charge in [-0.15, -0.1) is 0 Å². The van der Waals surface area contributed by atoms with Crippen molar-refractivity contribution in [2.24, 2.45) is 5.92 Å². The Hall–Kier alpha value is -1.05. The molecule has 1 aromatic rings. The van der Waals surface area contributed by atoms with Crippen LogP contribution < -0.4 is 0 Å². The van der Waals surface area contributed by atoms with Gasteiger partial charge in [-0.05, 0) is 36.5 Å². The van der Waals surface area contributed by atoms with Crippen molar-refractivity contribution >= 4 is 10.0 Å². The van der Waals surface area contributed by atoms with E-state index in [0.717, 1.165) is 31.4 Å². The number of hydrogen-bond acceptors (Lipinski definition) is 3. The van der Waals surface area contributed by atoms with Crippen LogP contribution in [-0.4, -0.2) is 30.9 Å². The summed E-state index contributed by atoms with van der Waals surface area (Å²) < 4.78 is 53.4. The van der Waals surface area contributed by atoms with Crippen LogP contribution in [0.3, 0.4) is 0 Å². The van der Waals surface area contributed by atoms with Gasteiger partial charge in [0.05, 0.1) is 6.61 Å². The molecule has 1 fully saturated rings. The Morgan fingerprint density at radius 1 is 1.29 bits per heavy atom. The molecule has 1 aromatic carbocycles. The molecule has 4 nitrogen and oxygen atoms in total. The highest BCUT2D eigenvalue weighted by Gasteiger charge is 2.32. The first-order valence-electron chi connectivity index (χ1n) is 6.99. The van der Waals surface area contributed by atoms with E-state index < -0.39 is 33.2 Å². The van der Waals surface area contributed by atoms with Gasteiger partial charge in [-0.1, -0.05) is 13.3 Å². The summed E-state index contributed by atoms with van der Waals surface area (Å²) in [5, 5.41) is 9.02. The number of aliphatic hydroxyl groups is 1. The Bertz CT molecular complexity index is 611. The van der Waals surface area contributed by atoms with E-state index in [1.165, 1.54) is 4.31 Å². The summed E-state index contributed by atoms with van der Waals surface area (Å²) in [6.45, 7) is 2.13. The average molecular weight is 319 g/mol. The van der Waals surface area contributed by atoms with E-state index in [1.807, 2.05) is 0 Å². The molecule has 0 bridgehead atoms. The fraction of sp³-hybridized carbons (Fsp3) is 0.571. The zero-order valence-corrected chi connectivity index (χ0v) is 12.7. The van der Waals surface area contributed by atoms with Crippen molar-refractivity contribution in [3.05, 3.63) is 29.3 Å². The van der Waals surface area contributed by atoms with Crippen LogP contribution in [0.5, 0.6) is 0 Å². The van der Waals surface area contributed by atoms with E-state index in [9.17, 15) is 17.2 Å². The molecule has 0 atom stereocenters. The van der Waals surface area contributed by atoms with Crippen LogP contribution in [0.1, 0.15) is 31.7 Å². The molecule has 0 radical (unpaired) electrons. The number of rotatable bonds is 4. The molecule has 0 amide bonds. The second-order valence-electron chi connectivity index (χ2n) is 5.30. The molecule has 2 rings (SSSR count). The number of aliphatic hydroxyl groups excluding tert-OH is 1. The summed E-state index contributed by atoms with van der Waals surface area (Å²) in [4.78, 5) is -0.693. The van der Waals surface area contributed by atoms with Gasteiger partial charge in [-0.3, -0.25) is 0 Å². The van der Waals surface area contributed by atoms with E-state index in [4.69, 9.17) is 5.11 Å². The van der Waals surface area contributed by atoms with Crippen LogP contribution >= 0.6 is 0 Å². The second-order valence-corrected chi connectivity index (χ2v) is 7.21. The third-order valence-corrected chi connectivity index (χ3v) is 5.90. The lowest BCUT2D eigenvalue weighted by atomic mass is 9.96. The van der Waals surface area contributed by atoms with E-state index >= 15 is 0 Å². The highest BCUT2D eigenvalue weighted by molar-refractivity contribution is 7.89.